The highest BCUT2D eigenvalue weighted by Gasteiger charge is 2.36. The largest absolute Gasteiger partial charge is 0.366 e. The Morgan fingerprint density at radius 1 is 1.15 bits per heavy atom. The fraction of sp³-hybridized carbons (Fsp3) is 0.286. The highest BCUT2D eigenvalue weighted by molar-refractivity contribution is 6.03. The molecule has 0 spiro atoms. The van der Waals surface area contributed by atoms with Gasteiger partial charge in [0.05, 0.1) is 0 Å². The van der Waals surface area contributed by atoms with Gasteiger partial charge >= 0.3 is 0 Å². The van der Waals surface area contributed by atoms with E-state index in [0.717, 1.165) is 17.7 Å². The molecule has 1 heterocycles. The van der Waals surface area contributed by atoms with Crippen LogP contribution < -0.4 is 11.1 Å². The summed E-state index contributed by atoms with van der Waals surface area (Å²) in [5.41, 5.74) is 7.64. The number of rotatable bonds is 4. The van der Waals surface area contributed by atoms with E-state index in [9.17, 15) is 14.4 Å². The molecule has 2 atom stereocenters. The summed E-state index contributed by atoms with van der Waals surface area (Å²) >= 11 is 0. The van der Waals surface area contributed by atoms with Crippen LogP contribution in [0.1, 0.15) is 46.5 Å². The van der Waals surface area contributed by atoms with Crippen molar-refractivity contribution in [3.63, 3.8) is 0 Å². The molecule has 0 aromatic heterocycles. The monoisotopic (exact) mass is 365 g/mol. The van der Waals surface area contributed by atoms with Crippen molar-refractivity contribution in [1.29, 1.82) is 0 Å². The third kappa shape index (κ3) is 3.69. The van der Waals surface area contributed by atoms with Gasteiger partial charge in [0.25, 0.3) is 5.91 Å². The zero-order valence-corrected chi connectivity index (χ0v) is 15.4. The molecule has 0 saturated carbocycles. The third-order valence-corrected chi connectivity index (χ3v) is 5.08. The number of primary amides is 1. The fourth-order valence-electron chi connectivity index (χ4n) is 3.34. The van der Waals surface area contributed by atoms with Crippen molar-refractivity contribution in [3.8, 4) is 0 Å². The average molecular weight is 365 g/mol. The summed E-state index contributed by atoms with van der Waals surface area (Å²) < 4.78 is 0. The van der Waals surface area contributed by atoms with Gasteiger partial charge in [0, 0.05) is 23.4 Å². The molecule has 0 fully saturated rings. The van der Waals surface area contributed by atoms with E-state index in [4.69, 9.17) is 5.73 Å². The second kappa shape index (κ2) is 7.61. The number of carbonyl (C=O) groups excluding carboxylic acids is 3. The lowest BCUT2D eigenvalue weighted by Crippen LogP contribution is -2.48. The molecule has 2 aromatic rings. The van der Waals surface area contributed by atoms with Crippen LogP contribution in [0.3, 0.4) is 0 Å². The summed E-state index contributed by atoms with van der Waals surface area (Å²) in [5.74, 6) is -0.984. The first-order chi connectivity index (χ1) is 12.9. The van der Waals surface area contributed by atoms with Gasteiger partial charge < -0.3 is 16.0 Å². The van der Waals surface area contributed by atoms with Crippen LogP contribution in [-0.2, 0) is 11.3 Å². The SMILES string of the molecule is CC[C@H](C)[C@H]1C(=O)Nc2ccccc2CN1C(=O)c1ccc(C(N)=O)cc1. The molecule has 1 aliphatic heterocycles. The first-order valence-electron chi connectivity index (χ1n) is 9.02. The van der Waals surface area contributed by atoms with Crippen LogP contribution in [-0.4, -0.2) is 28.7 Å². The van der Waals surface area contributed by atoms with Crippen LogP contribution in [0.2, 0.25) is 0 Å². The lowest BCUT2D eigenvalue weighted by atomic mass is 9.96. The Balaban J connectivity index is 2.00. The number of nitrogens with two attached hydrogens (primary N) is 1. The summed E-state index contributed by atoms with van der Waals surface area (Å²) in [7, 11) is 0. The van der Waals surface area contributed by atoms with Crippen LogP contribution in [0.15, 0.2) is 48.5 Å². The molecular weight excluding hydrogens is 342 g/mol. The van der Waals surface area contributed by atoms with Crippen molar-refractivity contribution in [2.75, 3.05) is 5.32 Å². The van der Waals surface area contributed by atoms with Gasteiger partial charge in [-0.25, -0.2) is 0 Å². The van der Waals surface area contributed by atoms with E-state index in [1.165, 1.54) is 12.1 Å². The number of amides is 3. The van der Waals surface area contributed by atoms with Gasteiger partial charge in [0.2, 0.25) is 11.8 Å². The zero-order chi connectivity index (χ0) is 19.6. The maximum Gasteiger partial charge on any atom is 0.254 e. The van der Waals surface area contributed by atoms with Crippen LogP contribution in [0.25, 0.3) is 0 Å². The van der Waals surface area contributed by atoms with Gasteiger partial charge in [-0.05, 0) is 41.8 Å². The molecule has 0 aliphatic carbocycles. The number of fused-ring (bicyclic) bond motifs is 1. The molecule has 0 unspecified atom stereocenters. The van der Waals surface area contributed by atoms with Crippen molar-refractivity contribution in [3.05, 3.63) is 65.2 Å². The van der Waals surface area contributed by atoms with E-state index >= 15 is 0 Å². The summed E-state index contributed by atoms with van der Waals surface area (Å²) in [4.78, 5) is 39.0. The summed E-state index contributed by atoms with van der Waals surface area (Å²) in [6.07, 6.45) is 0.763. The van der Waals surface area contributed by atoms with Crippen LogP contribution in [0.4, 0.5) is 5.69 Å². The Kier molecular flexibility index (Phi) is 5.26. The van der Waals surface area contributed by atoms with Crippen molar-refractivity contribution >= 4 is 23.4 Å². The van der Waals surface area contributed by atoms with Gasteiger partial charge in [-0.15, -0.1) is 0 Å². The van der Waals surface area contributed by atoms with Gasteiger partial charge in [-0.2, -0.15) is 0 Å². The highest BCUT2D eigenvalue weighted by Crippen LogP contribution is 2.28. The Labute approximate surface area is 158 Å². The number of carbonyl (C=O) groups is 3. The summed E-state index contributed by atoms with van der Waals surface area (Å²) in [6.45, 7) is 4.30. The number of hydrogen-bond donors (Lipinski definition) is 2. The molecule has 140 valence electrons. The minimum Gasteiger partial charge on any atom is -0.366 e. The van der Waals surface area contributed by atoms with E-state index in [0.29, 0.717) is 17.7 Å². The molecular formula is C21H23N3O3. The Morgan fingerprint density at radius 2 is 1.78 bits per heavy atom. The quantitative estimate of drug-likeness (QED) is 0.872. The summed E-state index contributed by atoms with van der Waals surface area (Å²) in [6, 6.07) is 13.1. The number of nitrogens with zero attached hydrogens (tertiary/aromatic N) is 1. The molecule has 3 N–H and O–H groups in total. The van der Waals surface area contributed by atoms with E-state index < -0.39 is 11.9 Å². The number of para-hydroxylation sites is 1. The Morgan fingerprint density at radius 3 is 2.41 bits per heavy atom. The predicted octanol–water partition coefficient (Wildman–Crippen LogP) is 2.79. The molecule has 0 radical (unpaired) electrons. The van der Waals surface area contributed by atoms with Crippen molar-refractivity contribution in [2.24, 2.45) is 11.7 Å². The minimum atomic E-state index is -0.578. The molecule has 2 aromatic carbocycles. The second-order valence-corrected chi connectivity index (χ2v) is 6.85. The first-order valence-corrected chi connectivity index (χ1v) is 9.02. The maximum atomic E-state index is 13.2. The van der Waals surface area contributed by atoms with Gasteiger partial charge in [0.15, 0.2) is 0 Å². The summed E-state index contributed by atoms with van der Waals surface area (Å²) in [5, 5.41) is 2.95. The lowest BCUT2D eigenvalue weighted by Gasteiger charge is -2.32. The second-order valence-electron chi connectivity index (χ2n) is 6.85. The normalized spacial score (nSPS) is 17.5. The molecule has 0 saturated heterocycles. The van der Waals surface area contributed by atoms with Gasteiger partial charge in [0.1, 0.15) is 6.04 Å². The number of nitrogens with one attached hydrogen (secondary N) is 1. The van der Waals surface area contributed by atoms with E-state index in [-0.39, 0.29) is 17.7 Å². The molecule has 3 rings (SSSR count). The molecule has 27 heavy (non-hydrogen) atoms. The van der Waals surface area contributed by atoms with Crippen molar-refractivity contribution < 1.29 is 14.4 Å². The first kappa shape index (κ1) is 18.6. The maximum absolute atomic E-state index is 13.2. The molecule has 0 bridgehead atoms. The fourth-order valence-corrected chi connectivity index (χ4v) is 3.34. The Bertz CT molecular complexity index is 876. The molecule has 1 aliphatic rings. The van der Waals surface area contributed by atoms with Crippen LogP contribution in [0.5, 0.6) is 0 Å². The lowest BCUT2D eigenvalue weighted by molar-refractivity contribution is -0.122. The average Bonchev–Trinajstić information content (AvgIpc) is 2.82. The van der Waals surface area contributed by atoms with E-state index in [1.807, 2.05) is 38.1 Å². The van der Waals surface area contributed by atoms with Crippen LogP contribution >= 0.6 is 0 Å². The number of hydrogen-bond acceptors (Lipinski definition) is 3. The zero-order valence-electron chi connectivity index (χ0n) is 15.4. The van der Waals surface area contributed by atoms with Crippen molar-refractivity contribution in [1.82, 2.24) is 4.90 Å². The Hall–Kier alpha value is -3.15. The number of benzene rings is 2. The third-order valence-electron chi connectivity index (χ3n) is 5.08. The standard InChI is InChI=1S/C21H23N3O3/c1-3-13(2)18-20(26)23-17-7-5-4-6-16(17)12-24(18)21(27)15-10-8-14(9-11-15)19(22)25/h4-11,13,18H,3,12H2,1-2H3,(H2,22,25)(H,23,26)/t13-,18-/m0/s1. The molecule has 6 heteroatoms. The minimum absolute atomic E-state index is 0.00634. The smallest absolute Gasteiger partial charge is 0.254 e. The predicted molar refractivity (Wildman–Crippen MR) is 103 cm³/mol. The molecule has 6 nitrogen and oxygen atoms in total. The van der Waals surface area contributed by atoms with Gasteiger partial charge in [-0.1, -0.05) is 38.5 Å². The van der Waals surface area contributed by atoms with E-state index in [1.54, 1.807) is 17.0 Å². The van der Waals surface area contributed by atoms with E-state index in [2.05, 4.69) is 5.32 Å². The topological polar surface area (TPSA) is 92.5 Å². The molecule has 3 amide bonds. The van der Waals surface area contributed by atoms with Crippen LogP contribution in [0, 0.1) is 5.92 Å². The van der Waals surface area contributed by atoms with Crippen molar-refractivity contribution in [2.45, 2.75) is 32.9 Å². The highest BCUT2D eigenvalue weighted by atomic mass is 16.2. The van der Waals surface area contributed by atoms with Gasteiger partial charge in [-0.3, -0.25) is 14.4 Å². The number of anilines is 1.